The molecule has 8 heteroatoms. The average molecular weight is 510 g/mol. The van der Waals surface area contributed by atoms with Crippen LogP contribution in [0.15, 0.2) is 52.9 Å². The third kappa shape index (κ3) is 4.76. The van der Waals surface area contributed by atoms with E-state index in [0.717, 1.165) is 5.56 Å². The van der Waals surface area contributed by atoms with E-state index in [1.807, 2.05) is 69.7 Å². The van der Waals surface area contributed by atoms with Crippen molar-refractivity contribution in [3.8, 4) is 11.1 Å². The largest absolute Gasteiger partial charge is 1.00 e. The average Bonchev–Trinajstić information content (AvgIpc) is 3.02. The smallest absolute Gasteiger partial charge is 0.442 e. The molecule has 1 unspecified atom stereocenters. The molecule has 0 aliphatic carbocycles. The van der Waals surface area contributed by atoms with Crippen LogP contribution in [0.2, 0.25) is 0 Å². The molecule has 1 aromatic heterocycles. The molecule has 0 saturated carbocycles. The van der Waals surface area contributed by atoms with Crippen LogP contribution in [0.25, 0.3) is 22.1 Å². The van der Waals surface area contributed by atoms with Gasteiger partial charge in [-0.2, -0.15) is 0 Å². The number of benzene rings is 2. The summed E-state index contributed by atoms with van der Waals surface area (Å²) in [5.41, 5.74) is 2.37. The fourth-order valence-electron chi connectivity index (χ4n) is 3.62. The number of nitro groups is 1. The van der Waals surface area contributed by atoms with Gasteiger partial charge in [0.1, 0.15) is 16.5 Å². The van der Waals surface area contributed by atoms with Gasteiger partial charge in [0, 0.05) is 11.8 Å². The van der Waals surface area contributed by atoms with Gasteiger partial charge in [0.2, 0.25) is 0 Å². The second-order valence-electron chi connectivity index (χ2n) is 7.69. The molecule has 0 amide bonds. The van der Waals surface area contributed by atoms with E-state index in [1.165, 1.54) is 0 Å². The van der Waals surface area contributed by atoms with Crippen molar-refractivity contribution in [1.82, 2.24) is 0 Å². The van der Waals surface area contributed by atoms with Crippen molar-refractivity contribution in [2.75, 3.05) is 21.1 Å². The molecule has 0 bridgehead atoms. The number of quaternary nitrogens is 1. The maximum atomic E-state index is 11.7. The number of rotatable bonds is 7. The normalized spacial score (nSPS) is 12.4. The van der Waals surface area contributed by atoms with E-state index in [1.54, 1.807) is 0 Å². The number of nitrogens with zero attached hydrogens (tertiary/aromatic N) is 2. The molecule has 0 spiro atoms. The van der Waals surface area contributed by atoms with Crippen molar-refractivity contribution < 1.29 is 47.7 Å². The van der Waals surface area contributed by atoms with Gasteiger partial charge in [-0.25, -0.2) is 0 Å². The molecule has 0 radical (unpaired) electrons. The Morgan fingerprint density at radius 2 is 1.79 bits per heavy atom. The summed E-state index contributed by atoms with van der Waals surface area (Å²) in [5, 5.41) is 21.5. The molecular weight excluding hydrogens is 487 g/mol. The Bertz CT molecular complexity index is 1020. The van der Waals surface area contributed by atoms with Crippen molar-refractivity contribution in [1.29, 1.82) is 0 Å². The number of halogens is 1. The van der Waals surface area contributed by atoms with Crippen LogP contribution in [0.3, 0.4) is 0 Å². The lowest BCUT2D eigenvalue weighted by molar-refractivity contribution is -0.902. The van der Waals surface area contributed by atoms with Gasteiger partial charge >= 0.3 is 11.9 Å². The third-order valence-corrected chi connectivity index (χ3v) is 4.88. The molecule has 0 saturated heterocycles. The number of fused-ring (bicyclic) bond motifs is 1. The van der Waals surface area contributed by atoms with Gasteiger partial charge < -0.3 is 38.0 Å². The molecule has 1 heterocycles. The maximum absolute atomic E-state index is 11.7. The zero-order valence-corrected chi connectivity index (χ0v) is 18.6. The van der Waals surface area contributed by atoms with E-state index in [-0.39, 0.29) is 42.3 Å². The number of hydrogen-bond donors (Lipinski definition) is 1. The molecular formula is C21H23IN2O5. The Kier molecular flexibility index (Phi) is 7.02. The number of para-hydroxylation sites is 1. The SMILES string of the molecule is C[N+](C)(C)C(CCC(=O)O)c1cccc2c(-c3ccccc3)c([N+](=O)[O-])oc12.[I-]. The Hall–Kier alpha value is -2.46. The van der Waals surface area contributed by atoms with E-state index in [2.05, 4.69) is 0 Å². The molecule has 1 N–H and O–H groups in total. The van der Waals surface area contributed by atoms with Crippen LogP contribution in [0.1, 0.15) is 24.4 Å². The van der Waals surface area contributed by atoms with Gasteiger partial charge in [0.25, 0.3) is 0 Å². The highest BCUT2D eigenvalue weighted by molar-refractivity contribution is 6.00. The van der Waals surface area contributed by atoms with Gasteiger partial charge in [-0.3, -0.25) is 14.9 Å². The van der Waals surface area contributed by atoms with E-state index in [9.17, 15) is 14.9 Å². The molecule has 3 aromatic rings. The highest BCUT2D eigenvalue weighted by Gasteiger charge is 2.33. The van der Waals surface area contributed by atoms with Crippen molar-refractivity contribution in [2.24, 2.45) is 0 Å². The van der Waals surface area contributed by atoms with Gasteiger partial charge in [-0.05, 0) is 11.6 Å². The van der Waals surface area contributed by atoms with Gasteiger partial charge in [0.05, 0.1) is 33.1 Å². The summed E-state index contributed by atoms with van der Waals surface area (Å²) in [4.78, 5) is 22.3. The number of carbonyl (C=O) groups is 1. The standard InChI is InChI=1S/C21H22N2O5.HI/c1-23(2,3)17(12-13-18(24)25)15-10-7-11-16-19(14-8-5-4-6-9-14)21(22(26)27)28-20(15)16;/h4-11,17H,12-13H2,1-3H3;1H. The van der Waals surface area contributed by atoms with E-state index >= 15 is 0 Å². The van der Waals surface area contributed by atoms with Crippen molar-refractivity contribution in [2.45, 2.75) is 18.9 Å². The summed E-state index contributed by atoms with van der Waals surface area (Å²) in [7, 11) is 5.92. The lowest BCUT2D eigenvalue weighted by atomic mass is 9.95. The number of furan rings is 1. The first kappa shape index (κ1) is 22.8. The summed E-state index contributed by atoms with van der Waals surface area (Å²) in [6, 6.07) is 14.4. The number of hydrogen-bond acceptors (Lipinski definition) is 4. The van der Waals surface area contributed by atoms with Crippen molar-refractivity contribution in [3.63, 3.8) is 0 Å². The predicted octanol–water partition coefficient (Wildman–Crippen LogP) is 1.62. The molecule has 154 valence electrons. The van der Waals surface area contributed by atoms with Crippen molar-refractivity contribution >= 4 is 22.8 Å². The van der Waals surface area contributed by atoms with Crippen LogP contribution in [0, 0.1) is 10.1 Å². The highest BCUT2D eigenvalue weighted by atomic mass is 127. The van der Waals surface area contributed by atoms with Crippen molar-refractivity contribution in [3.05, 3.63) is 64.2 Å². The Morgan fingerprint density at radius 3 is 2.34 bits per heavy atom. The zero-order chi connectivity index (χ0) is 20.5. The van der Waals surface area contributed by atoms with Crippen LogP contribution >= 0.6 is 0 Å². The Morgan fingerprint density at radius 1 is 1.14 bits per heavy atom. The minimum absolute atomic E-state index is 0. The first-order valence-corrected chi connectivity index (χ1v) is 8.98. The van der Waals surface area contributed by atoms with Gasteiger partial charge in [0.15, 0.2) is 5.58 Å². The van der Waals surface area contributed by atoms with Gasteiger partial charge in [-0.1, -0.05) is 42.5 Å². The highest BCUT2D eigenvalue weighted by Crippen LogP contribution is 2.43. The monoisotopic (exact) mass is 510 g/mol. The lowest BCUT2D eigenvalue weighted by Gasteiger charge is -2.34. The summed E-state index contributed by atoms with van der Waals surface area (Å²) in [6.07, 6.45) is 0.401. The van der Waals surface area contributed by atoms with E-state index < -0.39 is 10.9 Å². The molecule has 0 aliphatic rings. The predicted molar refractivity (Wildman–Crippen MR) is 106 cm³/mol. The van der Waals surface area contributed by atoms with E-state index in [0.29, 0.717) is 33.0 Å². The van der Waals surface area contributed by atoms with Crippen LogP contribution in [0.5, 0.6) is 0 Å². The summed E-state index contributed by atoms with van der Waals surface area (Å²) in [5.74, 6) is -1.17. The molecule has 3 rings (SSSR count). The summed E-state index contributed by atoms with van der Waals surface area (Å²) < 4.78 is 6.25. The van der Waals surface area contributed by atoms with Crippen LogP contribution in [-0.4, -0.2) is 41.6 Å². The van der Waals surface area contributed by atoms with Crippen LogP contribution < -0.4 is 24.0 Å². The molecule has 2 aromatic carbocycles. The summed E-state index contributed by atoms with van der Waals surface area (Å²) in [6.45, 7) is 0. The molecule has 0 aliphatic heterocycles. The molecule has 1 atom stereocenters. The van der Waals surface area contributed by atoms with E-state index in [4.69, 9.17) is 9.52 Å². The second-order valence-corrected chi connectivity index (χ2v) is 7.69. The maximum Gasteiger partial charge on any atom is 0.442 e. The molecule has 7 nitrogen and oxygen atoms in total. The minimum atomic E-state index is -0.874. The number of carboxylic acids is 1. The summed E-state index contributed by atoms with van der Waals surface area (Å²) >= 11 is 0. The van der Waals surface area contributed by atoms with Gasteiger partial charge in [-0.15, -0.1) is 0 Å². The quantitative estimate of drug-likeness (QED) is 0.226. The number of carboxylic acid groups (broad SMARTS) is 1. The molecule has 0 fully saturated rings. The fraction of sp³-hybridized carbons (Fsp3) is 0.286. The zero-order valence-electron chi connectivity index (χ0n) is 16.5. The fourth-order valence-corrected chi connectivity index (χ4v) is 3.62. The third-order valence-electron chi connectivity index (χ3n) is 4.88. The minimum Gasteiger partial charge on any atom is -1.00 e. The molecule has 29 heavy (non-hydrogen) atoms. The Labute approximate surface area is 185 Å². The first-order chi connectivity index (χ1) is 13.2. The topological polar surface area (TPSA) is 93.6 Å². The lowest BCUT2D eigenvalue weighted by Crippen LogP contribution is -3.00. The number of aliphatic carboxylic acids is 1. The van der Waals surface area contributed by atoms with Crippen LogP contribution in [-0.2, 0) is 4.79 Å². The Balaban J connectivity index is 0.00000300. The second kappa shape index (κ2) is 8.91. The first-order valence-electron chi connectivity index (χ1n) is 8.98. The van der Waals surface area contributed by atoms with Crippen LogP contribution in [0.4, 0.5) is 5.88 Å².